The molecule has 0 aromatic carbocycles. The van der Waals surface area contributed by atoms with E-state index in [4.69, 9.17) is 5.73 Å². The van der Waals surface area contributed by atoms with Gasteiger partial charge in [-0.15, -0.1) is 0 Å². The number of amides is 1. The number of rotatable bonds is 3. The number of nitrogens with two attached hydrogens (primary N) is 1. The lowest BCUT2D eigenvalue weighted by molar-refractivity contribution is -0.128. The van der Waals surface area contributed by atoms with Crippen molar-refractivity contribution in [3.8, 4) is 11.8 Å². The van der Waals surface area contributed by atoms with Crippen molar-refractivity contribution in [2.24, 2.45) is 11.7 Å². The summed E-state index contributed by atoms with van der Waals surface area (Å²) < 4.78 is 0. The third-order valence-corrected chi connectivity index (χ3v) is 3.41. The molecule has 2 atom stereocenters. The summed E-state index contributed by atoms with van der Waals surface area (Å²) in [6, 6.07) is 0.303. The SMILES string of the molecule is CC#CC(=O)N(CC)C1CCCCC1CN. The van der Waals surface area contributed by atoms with E-state index >= 15 is 0 Å². The minimum atomic E-state index is -0.0460. The van der Waals surface area contributed by atoms with Gasteiger partial charge in [0, 0.05) is 12.6 Å². The van der Waals surface area contributed by atoms with Crippen LogP contribution in [-0.4, -0.2) is 29.9 Å². The van der Waals surface area contributed by atoms with E-state index in [1.165, 1.54) is 12.8 Å². The molecule has 0 spiro atoms. The molecule has 0 saturated heterocycles. The van der Waals surface area contributed by atoms with Gasteiger partial charge in [0.05, 0.1) is 0 Å². The Morgan fingerprint density at radius 2 is 2.12 bits per heavy atom. The van der Waals surface area contributed by atoms with Crippen molar-refractivity contribution in [1.29, 1.82) is 0 Å². The van der Waals surface area contributed by atoms with Crippen molar-refractivity contribution in [2.75, 3.05) is 13.1 Å². The van der Waals surface area contributed by atoms with Crippen LogP contribution in [0.3, 0.4) is 0 Å². The Morgan fingerprint density at radius 1 is 1.44 bits per heavy atom. The fourth-order valence-corrected chi connectivity index (χ4v) is 2.58. The molecular weight excluding hydrogens is 200 g/mol. The summed E-state index contributed by atoms with van der Waals surface area (Å²) >= 11 is 0. The van der Waals surface area contributed by atoms with Crippen LogP contribution in [0.2, 0.25) is 0 Å². The Hall–Kier alpha value is -1.01. The molecule has 0 bridgehead atoms. The Balaban J connectivity index is 2.75. The Kier molecular flexibility index (Phi) is 5.34. The molecule has 3 heteroatoms. The molecule has 16 heavy (non-hydrogen) atoms. The summed E-state index contributed by atoms with van der Waals surface area (Å²) in [7, 11) is 0. The van der Waals surface area contributed by atoms with Gasteiger partial charge in [-0.25, -0.2) is 0 Å². The average Bonchev–Trinajstić information content (AvgIpc) is 2.31. The van der Waals surface area contributed by atoms with E-state index in [0.29, 0.717) is 18.5 Å². The number of hydrogen-bond donors (Lipinski definition) is 1. The van der Waals surface area contributed by atoms with E-state index in [1.807, 2.05) is 11.8 Å². The molecule has 1 aliphatic carbocycles. The third-order valence-electron chi connectivity index (χ3n) is 3.41. The van der Waals surface area contributed by atoms with Gasteiger partial charge in [0.1, 0.15) is 0 Å². The maximum Gasteiger partial charge on any atom is 0.298 e. The summed E-state index contributed by atoms with van der Waals surface area (Å²) in [5, 5.41) is 0. The lowest BCUT2D eigenvalue weighted by Crippen LogP contribution is -2.47. The standard InChI is InChI=1S/C13H22N2O/c1-3-7-13(16)15(4-2)12-9-6-5-8-11(12)10-14/h11-12H,4-6,8-10,14H2,1-2H3. The highest BCUT2D eigenvalue weighted by Gasteiger charge is 2.30. The zero-order valence-corrected chi connectivity index (χ0v) is 10.3. The van der Waals surface area contributed by atoms with Crippen molar-refractivity contribution < 1.29 is 4.79 Å². The molecule has 0 aliphatic heterocycles. The van der Waals surface area contributed by atoms with Crippen molar-refractivity contribution >= 4 is 5.91 Å². The van der Waals surface area contributed by atoms with Crippen molar-refractivity contribution in [3.63, 3.8) is 0 Å². The van der Waals surface area contributed by atoms with E-state index in [2.05, 4.69) is 11.8 Å². The maximum absolute atomic E-state index is 11.8. The van der Waals surface area contributed by atoms with Crippen LogP contribution in [0, 0.1) is 17.8 Å². The molecule has 2 N–H and O–H groups in total. The lowest BCUT2D eigenvalue weighted by Gasteiger charge is -2.38. The van der Waals surface area contributed by atoms with Crippen LogP contribution in [0.1, 0.15) is 39.5 Å². The molecule has 2 unspecified atom stereocenters. The summed E-state index contributed by atoms with van der Waals surface area (Å²) in [6.45, 7) is 5.12. The molecule has 0 aromatic heterocycles. The van der Waals surface area contributed by atoms with Gasteiger partial charge in [0.15, 0.2) is 0 Å². The van der Waals surface area contributed by atoms with Crippen molar-refractivity contribution in [1.82, 2.24) is 4.90 Å². The zero-order chi connectivity index (χ0) is 12.0. The van der Waals surface area contributed by atoms with Crippen LogP contribution in [0.25, 0.3) is 0 Å². The fraction of sp³-hybridized carbons (Fsp3) is 0.769. The molecule has 3 nitrogen and oxygen atoms in total. The average molecular weight is 222 g/mol. The Labute approximate surface area is 98.4 Å². The second-order valence-corrected chi connectivity index (χ2v) is 4.31. The Bertz CT molecular complexity index is 290. The smallest absolute Gasteiger partial charge is 0.298 e. The largest absolute Gasteiger partial charge is 0.330 e. The highest BCUT2D eigenvalue weighted by Crippen LogP contribution is 2.27. The fourth-order valence-electron chi connectivity index (χ4n) is 2.58. The predicted molar refractivity (Wildman–Crippen MR) is 65.6 cm³/mol. The first-order valence-electron chi connectivity index (χ1n) is 6.18. The first kappa shape index (κ1) is 13.1. The normalized spacial score (nSPS) is 24.4. The molecular formula is C13H22N2O. The van der Waals surface area contributed by atoms with Crippen LogP contribution in [0.4, 0.5) is 0 Å². The predicted octanol–water partition coefficient (Wildman–Crippen LogP) is 1.38. The summed E-state index contributed by atoms with van der Waals surface area (Å²) in [5.41, 5.74) is 5.79. The van der Waals surface area contributed by atoms with E-state index in [9.17, 15) is 4.79 Å². The molecule has 0 radical (unpaired) electrons. The quantitative estimate of drug-likeness (QED) is 0.733. The minimum Gasteiger partial charge on any atom is -0.330 e. The van der Waals surface area contributed by atoms with Crippen LogP contribution in [-0.2, 0) is 4.79 Å². The van der Waals surface area contributed by atoms with Crippen molar-refractivity contribution in [2.45, 2.75) is 45.6 Å². The number of nitrogens with zero attached hydrogens (tertiary/aromatic N) is 1. The van der Waals surface area contributed by atoms with Gasteiger partial charge in [0.2, 0.25) is 0 Å². The van der Waals surface area contributed by atoms with Crippen LogP contribution < -0.4 is 5.73 Å². The van der Waals surface area contributed by atoms with Gasteiger partial charge in [-0.2, -0.15) is 0 Å². The molecule has 0 heterocycles. The summed E-state index contributed by atoms with van der Waals surface area (Å²) in [4.78, 5) is 13.7. The minimum absolute atomic E-state index is 0.0460. The highest BCUT2D eigenvalue weighted by molar-refractivity contribution is 5.93. The molecule has 1 fully saturated rings. The molecule has 90 valence electrons. The monoisotopic (exact) mass is 222 g/mol. The van der Waals surface area contributed by atoms with Gasteiger partial charge in [-0.1, -0.05) is 18.8 Å². The van der Waals surface area contributed by atoms with E-state index in [1.54, 1.807) is 6.92 Å². The van der Waals surface area contributed by atoms with Crippen LogP contribution in [0.5, 0.6) is 0 Å². The van der Waals surface area contributed by atoms with E-state index in [0.717, 1.165) is 19.4 Å². The van der Waals surface area contributed by atoms with E-state index in [-0.39, 0.29) is 5.91 Å². The lowest BCUT2D eigenvalue weighted by atomic mass is 9.83. The van der Waals surface area contributed by atoms with Crippen molar-refractivity contribution in [3.05, 3.63) is 0 Å². The summed E-state index contributed by atoms with van der Waals surface area (Å²) in [6.07, 6.45) is 4.66. The number of carbonyl (C=O) groups is 1. The first-order valence-corrected chi connectivity index (χ1v) is 6.18. The molecule has 1 aliphatic rings. The topological polar surface area (TPSA) is 46.3 Å². The number of hydrogen-bond acceptors (Lipinski definition) is 2. The van der Waals surface area contributed by atoms with Gasteiger partial charge in [0.25, 0.3) is 5.91 Å². The van der Waals surface area contributed by atoms with Gasteiger partial charge < -0.3 is 10.6 Å². The zero-order valence-electron chi connectivity index (χ0n) is 10.3. The number of carbonyl (C=O) groups excluding carboxylic acids is 1. The van der Waals surface area contributed by atoms with Gasteiger partial charge in [-0.05, 0) is 45.1 Å². The molecule has 1 rings (SSSR count). The summed E-state index contributed by atoms with van der Waals surface area (Å²) in [5.74, 6) is 5.73. The second-order valence-electron chi connectivity index (χ2n) is 4.31. The molecule has 1 saturated carbocycles. The molecule has 0 aromatic rings. The van der Waals surface area contributed by atoms with Gasteiger partial charge in [-0.3, -0.25) is 4.79 Å². The van der Waals surface area contributed by atoms with Crippen LogP contribution in [0.15, 0.2) is 0 Å². The Morgan fingerprint density at radius 3 is 2.69 bits per heavy atom. The van der Waals surface area contributed by atoms with Gasteiger partial charge >= 0.3 is 0 Å². The highest BCUT2D eigenvalue weighted by atomic mass is 16.2. The van der Waals surface area contributed by atoms with E-state index < -0.39 is 0 Å². The second kappa shape index (κ2) is 6.55. The third kappa shape index (κ3) is 2.99. The molecule has 1 amide bonds. The maximum atomic E-state index is 11.8. The first-order chi connectivity index (χ1) is 7.74. The van der Waals surface area contributed by atoms with Crippen LogP contribution >= 0.6 is 0 Å².